The van der Waals surface area contributed by atoms with Crippen LogP contribution in [0.4, 0.5) is 0 Å². The Hall–Kier alpha value is -3.01. The number of methoxy groups -OCH3 is 1. The Morgan fingerprint density at radius 3 is 2.94 bits per heavy atom. The number of hydrogen-bond acceptors (Lipinski definition) is 8. The van der Waals surface area contributed by atoms with Gasteiger partial charge in [0.2, 0.25) is 0 Å². The van der Waals surface area contributed by atoms with Crippen molar-refractivity contribution in [2.24, 2.45) is 0 Å². The number of rotatable bonds is 6. The molecule has 1 aromatic carbocycles. The molecule has 0 saturated carbocycles. The lowest BCUT2D eigenvalue weighted by Crippen LogP contribution is -2.18. The molecule has 8 nitrogen and oxygen atoms in total. The van der Waals surface area contributed by atoms with Crippen molar-refractivity contribution in [3.8, 4) is 33.9 Å². The van der Waals surface area contributed by atoms with Gasteiger partial charge >= 0.3 is 0 Å². The zero-order valence-corrected chi connectivity index (χ0v) is 18.8. The molecule has 1 unspecified atom stereocenters. The molecule has 4 aromatic rings. The van der Waals surface area contributed by atoms with E-state index < -0.39 is 0 Å². The number of nitrogens with zero attached hydrogens (tertiary/aromatic N) is 4. The van der Waals surface area contributed by atoms with Crippen LogP contribution in [0.1, 0.15) is 30.4 Å². The quantitative estimate of drug-likeness (QED) is 0.415. The maximum absolute atomic E-state index is 10.1. The van der Waals surface area contributed by atoms with Gasteiger partial charge in [-0.3, -0.25) is 0 Å². The number of ether oxygens (including phenoxy) is 3. The first-order valence-electron chi connectivity index (χ1n) is 10.5. The molecule has 3 aromatic heterocycles. The summed E-state index contributed by atoms with van der Waals surface area (Å²) in [6.07, 6.45) is 7.07. The zero-order chi connectivity index (χ0) is 22.1. The molecule has 1 N–H and O–H groups in total. The molecule has 1 aliphatic rings. The number of aromatic hydroxyl groups is 1. The van der Waals surface area contributed by atoms with E-state index in [2.05, 4.69) is 15.3 Å². The van der Waals surface area contributed by atoms with Crippen molar-refractivity contribution in [1.29, 1.82) is 0 Å². The Labute approximate surface area is 189 Å². The van der Waals surface area contributed by atoms with Crippen LogP contribution in [0, 0.1) is 6.92 Å². The van der Waals surface area contributed by atoms with Crippen LogP contribution in [-0.2, 0) is 9.47 Å². The van der Waals surface area contributed by atoms with Crippen LogP contribution in [0.15, 0.2) is 36.7 Å². The smallest absolute Gasteiger partial charge is 0.188 e. The molecule has 0 bridgehead atoms. The monoisotopic (exact) mass is 452 g/mol. The summed E-state index contributed by atoms with van der Waals surface area (Å²) >= 11 is 1.49. The Bertz CT molecular complexity index is 1250. The number of benzene rings is 1. The van der Waals surface area contributed by atoms with Gasteiger partial charge in [-0.2, -0.15) is 5.10 Å². The van der Waals surface area contributed by atoms with E-state index in [0.29, 0.717) is 17.0 Å². The molecule has 5 rings (SSSR count). The summed E-state index contributed by atoms with van der Waals surface area (Å²) < 4.78 is 19.6. The Balaban J connectivity index is 1.50. The number of aromatic nitrogens is 4. The fourth-order valence-corrected chi connectivity index (χ4v) is 4.79. The lowest BCUT2D eigenvalue weighted by molar-refractivity contribution is -0.0394. The second-order valence-electron chi connectivity index (χ2n) is 7.74. The van der Waals surface area contributed by atoms with Crippen LogP contribution in [0.2, 0.25) is 0 Å². The third-order valence-corrected chi connectivity index (χ3v) is 6.59. The number of hydrogen-bond donors (Lipinski definition) is 1. The first-order valence-corrected chi connectivity index (χ1v) is 11.3. The summed E-state index contributed by atoms with van der Waals surface area (Å²) in [6.45, 7) is 2.75. The van der Waals surface area contributed by atoms with Crippen molar-refractivity contribution >= 4 is 21.6 Å². The van der Waals surface area contributed by atoms with E-state index in [1.165, 1.54) is 11.3 Å². The summed E-state index contributed by atoms with van der Waals surface area (Å²) in [6, 6.07) is 7.86. The van der Waals surface area contributed by atoms with Crippen molar-refractivity contribution in [1.82, 2.24) is 20.0 Å². The molecule has 0 amide bonds. The highest BCUT2D eigenvalue weighted by Gasteiger charge is 2.18. The molecule has 1 aliphatic heterocycles. The fraction of sp³-hybridized carbons (Fsp3) is 0.348. The molecule has 1 saturated heterocycles. The Morgan fingerprint density at radius 2 is 2.12 bits per heavy atom. The maximum Gasteiger partial charge on any atom is 0.188 e. The highest BCUT2D eigenvalue weighted by molar-refractivity contribution is 7.19. The minimum Gasteiger partial charge on any atom is -0.505 e. The van der Waals surface area contributed by atoms with Crippen LogP contribution >= 0.6 is 11.3 Å². The predicted octanol–water partition coefficient (Wildman–Crippen LogP) is 4.92. The first kappa shape index (κ1) is 20.9. The average Bonchev–Trinajstić information content (AvgIpc) is 3.43. The van der Waals surface area contributed by atoms with Crippen LogP contribution < -0.4 is 4.74 Å². The SMILES string of the molecule is COCOc1cc(-c2cnn(C3CCCCO3)c2)ccc1-c1cc2sc(C)c(O)c2nn1. The summed E-state index contributed by atoms with van der Waals surface area (Å²) in [5.74, 6) is 0.825. The van der Waals surface area contributed by atoms with Crippen molar-refractivity contribution in [3.63, 3.8) is 0 Å². The van der Waals surface area contributed by atoms with E-state index in [9.17, 15) is 5.11 Å². The molecule has 32 heavy (non-hydrogen) atoms. The third kappa shape index (κ3) is 3.94. The van der Waals surface area contributed by atoms with Gasteiger partial charge in [0.05, 0.1) is 16.6 Å². The molecule has 1 atom stereocenters. The lowest BCUT2D eigenvalue weighted by Gasteiger charge is -2.22. The molecular weight excluding hydrogens is 428 g/mol. The highest BCUT2D eigenvalue weighted by atomic mass is 32.1. The standard InChI is InChI=1S/C23H24N4O4S/c1-14-23(28)22-20(32-14)10-18(25-26-22)17-7-6-15(9-19(17)31-13-29-2)16-11-24-27(12-16)21-5-3-4-8-30-21/h6-7,9-12,21,28H,3-5,8,13H2,1-2H3. The average molecular weight is 453 g/mol. The molecule has 1 fully saturated rings. The summed E-state index contributed by atoms with van der Waals surface area (Å²) in [4.78, 5) is 0.816. The predicted molar refractivity (Wildman–Crippen MR) is 122 cm³/mol. The molecule has 0 radical (unpaired) electrons. The normalized spacial score (nSPS) is 16.5. The van der Waals surface area contributed by atoms with E-state index >= 15 is 0 Å². The number of fused-ring (bicyclic) bond motifs is 1. The van der Waals surface area contributed by atoms with E-state index in [1.54, 1.807) is 7.11 Å². The second-order valence-corrected chi connectivity index (χ2v) is 9.00. The van der Waals surface area contributed by atoms with Crippen molar-refractivity contribution in [2.45, 2.75) is 32.4 Å². The van der Waals surface area contributed by atoms with E-state index in [1.807, 2.05) is 48.3 Å². The second kappa shape index (κ2) is 8.85. The van der Waals surface area contributed by atoms with Crippen molar-refractivity contribution < 1.29 is 19.3 Å². The van der Waals surface area contributed by atoms with Gasteiger partial charge < -0.3 is 19.3 Å². The summed E-state index contributed by atoms with van der Waals surface area (Å²) in [5, 5.41) is 23.2. The van der Waals surface area contributed by atoms with Crippen molar-refractivity contribution in [2.75, 3.05) is 20.5 Å². The van der Waals surface area contributed by atoms with Crippen LogP contribution in [0.3, 0.4) is 0 Å². The van der Waals surface area contributed by atoms with Crippen LogP contribution in [0.5, 0.6) is 11.5 Å². The Kier molecular flexibility index (Phi) is 5.77. The number of thiophene rings is 1. The van der Waals surface area contributed by atoms with Gasteiger partial charge in [0.15, 0.2) is 12.5 Å². The van der Waals surface area contributed by atoms with Gasteiger partial charge in [0, 0.05) is 35.9 Å². The van der Waals surface area contributed by atoms with E-state index in [0.717, 1.165) is 52.1 Å². The van der Waals surface area contributed by atoms with Crippen LogP contribution in [-0.4, -0.2) is 45.6 Å². The molecule has 0 aliphatic carbocycles. The van der Waals surface area contributed by atoms with E-state index in [4.69, 9.17) is 14.2 Å². The summed E-state index contributed by atoms with van der Waals surface area (Å²) in [5.41, 5.74) is 3.94. The van der Waals surface area contributed by atoms with Gasteiger partial charge in [-0.1, -0.05) is 6.07 Å². The highest BCUT2D eigenvalue weighted by Crippen LogP contribution is 2.38. The third-order valence-electron chi connectivity index (χ3n) is 5.56. The fourth-order valence-electron chi connectivity index (χ4n) is 3.86. The summed E-state index contributed by atoms with van der Waals surface area (Å²) in [7, 11) is 1.58. The number of aryl methyl sites for hydroxylation is 1. The molecular formula is C23H24N4O4S. The largest absolute Gasteiger partial charge is 0.505 e. The minimum absolute atomic E-state index is 0.00587. The maximum atomic E-state index is 10.1. The van der Waals surface area contributed by atoms with Gasteiger partial charge in [0.1, 0.15) is 17.5 Å². The zero-order valence-electron chi connectivity index (χ0n) is 17.9. The molecule has 4 heterocycles. The minimum atomic E-state index is -0.00587. The lowest BCUT2D eigenvalue weighted by atomic mass is 10.0. The van der Waals surface area contributed by atoms with Gasteiger partial charge in [-0.25, -0.2) is 4.68 Å². The van der Waals surface area contributed by atoms with E-state index in [-0.39, 0.29) is 18.8 Å². The van der Waals surface area contributed by atoms with Gasteiger partial charge in [-0.15, -0.1) is 21.5 Å². The van der Waals surface area contributed by atoms with Gasteiger partial charge in [-0.05, 0) is 49.9 Å². The van der Waals surface area contributed by atoms with Crippen molar-refractivity contribution in [3.05, 3.63) is 41.5 Å². The first-order chi connectivity index (χ1) is 15.6. The van der Waals surface area contributed by atoms with Crippen LogP contribution in [0.25, 0.3) is 32.6 Å². The molecule has 0 spiro atoms. The molecule has 166 valence electrons. The topological polar surface area (TPSA) is 91.5 Å². The Morgan fingerprint density at radius 1 is 1.22 bits per heavy atom. The molecule has 9 heteroatoms. The van der Waals surface area contributed by atoms with Gasteiger partial charge in [0.25, 0.3) is 0 Å².